The Morgan fingerprint density at radius 1 is 0.969 bits per heavy atom. The first-order chi connectivity index (χ1) is 15.3. The molecule has 1 aliphatic carbocycles. The number of ether oxygens (including phenoxy) is 1. The molecular weight excluding hydrogens is 403 g/mol. The van der Waals surface area contributed by atoms with Crippen LogP contribution in [0.25, 0.3) is 10.9 Å². The third-order valence-corrected chi connectivity index (χ3v) is 7.35. The second kappa shape index (κ2) is 9.63. The van der Waals surface area contributed by atoms with Gasteiger partial charge >= 0.3 is 7.12 Å². The summed E-state index contributed by atoms with van der Waals surface area (Å²) in [7, 11) is -0.399. The molecule has 0 amide bonds. The van der Waals surface area contributed by atoms with E-state index in [0.29, 0.717) is 5.82 Å². The number of hydrogen-bond acceptors (Lipinski definition) is 7. The van der Waals surface area contributed by atoms with Gasteiger partial charge in [0.05, 0.1) is 29.9 Å². The number of morpholine rings is 1. The van der Waals surface area contributed by atoms with Crippen molar-refractivity contribution in [1.29, 1.82) is 0 Å². The molecule has 1 aromatic heterocycles. The molecule has 32 heavy (non-hydrogen) atoms. The molecule has 0 spiro atoms. The number of nitrogen functional groups attached to an aromatic ring is 1. The molecule has 2 aromatic rings. The number of fused-ring (bicyclic) bond motifs is 1. The van der Waals surface area contributed by atoms with Gasteiger partial charge in [-0.15, -0.1) is 0 Å². The maximum atomic E-state index is 6.04. The molecule has 174 valence electrons. The minimum atomic E-state index is -0.399. The predicted molar refractivity (Wildman–Crippen MR) is 129 cm³/mol. The lowest BCUT2D eigenvalue weighted by molar-refractivity contribution is 0.00578. The van der Waals surface area contributed by atoms with Gasteiger partial charge < -0.3 is 19.8 Å². The molecule has 0 radical (unpaired) electrons. The van der Waals surface area contributed by atoms with Gasteiger partial charge in [-0.25, -0.2) is 9.97 Å². The van der Waals surface area contributed by atoms with Gasteiger partial charge in [-0.05, 0) is 58.1 Å². The first kappa shape index (κ1) is 23.4. The maximum absolute atomic E-state index is 6.04. The van der Waals surface area contributed by atoms with Gasteiger partial charge in [0.15, 0.2) is 0 Å². The highest BCUT2D eigenvalue weighted by Gasteiger charge is 2.51. The minimum Gasteiger partial charge on any atom is -0.399 e. The quantitative estimate of drug-likeness (QED) is 0.719. The fourth-order valence-electron chi connectivity index (χ4n) is 4.61. The SMILES string of the molecule is C1CCC(N2CCOCC2)CC1.CC1(C)OB(c2ccc3ncnc(N)c3c2)OC1(C)C. The number of rotatable bonds is 2. The minimum absolute atomic E-state index is 0.356. The molecule has 3 fully saturated rings. The van der Waals surface area contributed by atoms with E-state index in [-0.39, 0.29) is 11.2 Å². The van der Waals surface area contributed by atoms with Crippen LogP contribution in [0, 0.1) is 0 Å². The highest BCUT2D eigenvalue weighted by atomic mass is 16.7. The topological polar surface area (TPSA) is 82.7 Å². The van der Waals surface area contributed by atoms with E-state index in [1.807, 2.05) is 45.9 Å². The lowest BCUT2D eigenvalue weighted by atomic mass is 9.78. The van der Waals surface area contributed by atoms with Crippen LogP contribution in [0.5, 0.6) is 0 Å². The number of nitrogens with zero attached hydrogens (tertiary/aromatic N) is 3. The molecule has 2 N–H and O–H groups in total. The van der Waals surface area contributed by atoms with Gasteiger partial charge in [-0.3, -0.25) is 4.90 Å². The summed E-state index contributed by atoms with van der Waals surface area (Å²) < 4.78 is 17.4. The second-order valence-electron chi connectivity index (χ2n) is 10.1. The van der Waals surface area contributed by atoms with Crippen LogP contribution < -0.4 is 11.2 Å². The number of nitrogens with two attached hydrogens (primary N) is 1. The Kier molecular flexibility index (Phi) is 7.05. The summed E-state index contributed by atoms with van der Waals surface area (Å²) in [6, 6.07) is 6.69. The summed E-state index contributed by atoms with van der Waals surface area (Å²) in [5, 5.41) is 0.819. The Bertz CT molecular complexity index is 879. The van der Waals surface area contributed by atoms with Gasteiger partial charge in [0.25, 0.3) is 0 Å². The third kappa shape index (κ3) is 5.09. The van der Waals surface area contributed by atoms with Crippen molar-refractivity contribution < 1.29 is 14.0 Å². The Morgan fingerprint density at radius 3 is 2.28 bits per heavy atom. The number of hydrogen-bond donors (Lipinski definition) is 1. The largest absolute Gasteiger partial charge is 0.494 e. The summed E-state index contributed by atoms with van der Waals surface area (Å²) >= 11 is 0. The molecule has 7 nitrogen and oxygen atoms in total. The van der Waals surface area contributed by atoms with Crippen LogP contribution in [0.15, 0.2) is 24.5 Å². The van der Waals surface area contributed by atoms with Crippen LogP contribution >= 0.6 is 0 Å². The van der Waals surface area contributed by atoms with Crippen LogP contribution in [0.4, 0.5) is 5.82 Å². The second-order valence-corrected chi connectivity index (χ2v) is 10.1. The molecule has 1 aromatic carbocycles. The maximum Gasteiger partial charge on any atom is 0.494 e. The molecule has 1 saturated carbocycles. The summed E-state index contributed by atoms with van der Waals surface area (Å²) in [6.07, 6.45) is 8.68. The van der Waals surface area contributed by atoms with E-state index in [2.05, 4.69) is 14.9 Å². The zero-order valence-corrected chi connectivity index (χ0v) is 20.0. The number of anilines is 1. The van der Waals surface area contributed by atoms with E-state index in [9.17, 15) is 0 Å². The molecule has 0 atom stereocenters. The van der Waals surface area contributed by atoms with Crippen LogP contribution in [-0.4, -0.2) is 65.5 Å². The molecule has 2 aliphatic heterocycles. The Balaban J connectivity index is 0.000000174. The fraction of sp³-hybridized carbons (Fsp3) is 0.667. The highest BCUT2D eigenvalue weighted by Crippen LogP contribution is 2.36. The monoisotopic (exact) mass is 440 g/mol. The number of benzene rings is 1. The average molecular weight is 440 g/mol. The van der Waals surface area contributed by atoms with Crippen LogP contribution in [0.2, 0.25) is 0 Å². The van der Waals surface area contributed by atoms with E-state index < -0.39 is 7.12 Å². The lowest BCUT2D eigenvalue weighted by Crippen LogP contribution is -2.44. The standard InChI is InChI=1S/C14H18BN3O2.C10H19NO/c1-13(2)14(3,4)20-15(19-13)9-5-6-11-10(7-9)12(16)18-8-17-11;1-2-4-10(5-3-1)11-6-8-12-9-7-11/h5-8H,1-4H3,(H2,16,17,18);10H,1-9H2. The molecule has 0 unspecified atom stereocenters. The summed E-state index contributed by atoms with van der Waals surface area (Å²) in [5.74, 6) is 0.466. The van der Waals surface area contributed by atoms with Crippen molar-refractivity contribution in [2.45, 2.75) is 77.0 Å². The smallest absolute Gasteiger partial charge is 0.399 e. The molecule has 2 saturated heterocycles. The number of aromatic nitrogens is 2. The van der Waals surface area contributed by atoms with Crippen LogP contribution in [0.3, 0.4) is 0 Å². The van der Waals surface area contributed by atoms with Gasteiger partial charge in [0.2, 0.25) is 0 Å². The van der Waals surface area contributed by atoms with Crippen molar-refractivity contribution in [3.63, 3.8) is 0 Å². The van der Waals surface area contributed by atoms with E-state index in [4.69, 9.17) is 19.8 Å². The van der Waals surface area contributed by atoms with Crippen molar-refractivity contribution in [2.24, 2.45) is 0 Å². The Morgan fingerprint density at radius 2 is 1.62 bits per heavy atom. The van der Waals surface area contributed by atoms with E-state index in [0.717, 1.165) is 35.6 Å². The van der Waals surface area contributed by atoms with Gasteiger partial charge in [-0.1, -0.05) is 25.3 Å². The van der Waals surface area contributed by atoms with E-state index in [1.165, 1.54) is 51.5 Å². The van der Waals surface area contributed by atoms with Crippen molar-refractivity contribution >= 4 is 29.3 Å². The normalized spacial score (nSPS) is 23.7. The third-order valence-electron chi connectivity index (χ3n) is 7.35. The lowest BCUT2D eigenvalue weighted by Gasteiger charge is -2.36. The molecule has 3 aliphatic rings. The Hall–Kier alpha value is -1.74. The first-order valence-electron chi connectivity index (χ1n) is 11.9. The van der Waals surface area contributed by atoms with Crippen LogP contribution in [0.1, 0.15) is 59.8 Å². The molecule has 3 heterocycles. The van der Waals surface area contributed by atoms with Crippen molar-refractivity contribution in [3.8, 4) is 0 Å². The van der Waals surface area contributed by atoms with E-state index >= 15 is 0 Å². The van der Waals surface area contributed by atoms with Gasteiger partial charge in [0.1, 0.15) is 12.1 Å². The highest BCUT2D eigenvalue weighted by molar-refractivity contribution is 6.62. The predicted octanol–water partition coefficient (Wildman–Crippen LogP) is 3.16. The average Bonchev–Trinajstić information content (AvgIpc) is 3.02. The van der Waals surface area contributed by atoms with Gasteiger partial charge in [0, 0.05) is 24.5 Å². The zero-order chi connectivity index (χ0) is 22.8. The first-order valence-corrected chi connectivity index (χ1v) is 11.9. The molecular formula is C24H37BN4O3. The van der Waals surface area contributed by atoms with Crippen molar-refractivity contribution in [1.82, 2.24) is 14.9 Å². The van der Waals surface area contributed by atoms with Crippen LogP contribution in [-0.2, 0) is 14.0 Å². The summed E-state index contributed by atoms with van der Waals surface area (Å²) in [5.41, 5.74) is 6.93. The molecule has 0 bridgehead atoms. The summed E-state index contributed by atoms with van der Waals surface area (Å²) in [4.78, 5) is 10.8. The Labute approximate surface area is 192 Å². The van der Waals surface area contributed by atoms with Crippen molar-refractivity contribution in [2.75, 3.05) is 32.0 Å². The molecule has 8 heteroatoms. The van der Waals surface area contributed by atoms with E-state index in [1.54, 1.807) is 0 Å². The van der Waals surface area contributed by atoms with Gasteiger partial charge in [-0.2, -0.15) is 0 Å². The molecule has 5 rings (SSSR count). The summed E-state index contributed by atoms with van der Waals surface area (Å²) in [6.45, 7) is 12.4. The fourth-order valence-corrected chi connectivity index (χ4v) is 4.61. The zero-order valence-electron chi connectivity index (χ0n) is 20.0. The van der Waals surface area contributed by atoms with Crippen molar-refractivity contribution in [3.05, 3.63) is 24.5 Å².